The first-order chi connectivity index (χ1) is 17.9. The molecule has 0 amide bonds. The van der Waals surface area contributed by atoms with Crippen molar-refractivity contribution in [2.75, 3.05) is 13.7 Å². The number of alkyl halides is 3. The minimum Gasteiger partial charge on any atom is -0.489 e. The Labute approximate surface area is 219 Å². The molecule has 0 unspecified atom stereocenters. The second kappa shape index (κ2) is 11.8. The van der Waals surface area contributed by atoms with E-state index >= 15 is 0 Å². The molecule has 0 aliphatic heterocycles. The van der Waals surface area contributed by atoms with Crippen molar-refractivity contribution >= 4 is 5.97 Å². The number of carbonyl (C=O) groups excluding carboxylic acids is 1. The molecular formula is C28H31F3N2O5. The monoisotopic (exact) mass is 532 g/mol. The first-order valence-corrected chi connectivity index (χ1v) is 12.0. The fourth-order valence-electron chi connectivity index (χ4n) is 3.67. The van der Waals surface area contributed by atoms with Gasteiger partial charge in [0.15, 0.2) is 11.4 Å². The summed E-state index contributed by atoms with van der Waals surface area (Å²) in [6.45, 7) is 9.08. The van der Waals surface area contributed by atoms with Gasteiger partial charge in [-0.1, -0.05) is 12.1 Å². The molecule has 0 spiro atoms. The maximum absolute atomic E-state index is 13.2. The fourth-order valence-corrected chi connectivity index (χ4v) is 3.67. The second-order valence-electron chi connectivity index (χ2n) is 9.12. The van der Waals surface area contributed by atoms with Gasteiger partial charge in [0.25, 0.3) is 0 Å². The predicted octanol–water partition coefficient (Wildman–Crippen LogP) is 6.23. The minimum absolute atomic E-state index is 0.112. The van der Waals surface area contributed by atoms with E-state index in [1.165, 1.54) is 19.2 Å². The van der Waals surface area contributed by atoms with Gasteiger partial charge in [0.1, 0.15) is 18.1 Å². The van der Waals surface area contributed by atoms with Crippen LogP contribution in [-0.4, -0.2) is 35.3 Å². The third-order valence-corrected chi connectivity index (χ3v) is 5.69. The molecule has 3 aromatic rings. The Morgan fingerprint density at radius 1 is 1.00 bits per heavy atom. The zero-order valence-electron chi connectivity index (χ0n) is 22.2. The molecule has 0 N–H and O–H groups in total. The van der Waals surface area contributed by atoms with Crippen LogP contribution in [0.4, 0.5) is 13.2 Å². The summed E-state index contributed by atoms with van der Waals surface area (Å²) in [6.07, 6.45) is -4.47. The molecule has 0 bridgehead atoms. The number of carbonyl (C=O) groups is 1. The summed E-state index contributed by atoms with van der Waals surface area (Å²) in [5.41, 5.74) is 0.824. The van der Waals surface area contributed by atoms with Gasteiger partial charge in [-0.2, -0.15) is 13.2 Å². The molecule has 0 radical (unpaired) electrons. The summed E-state index contributed by atoms with van der Waals surface area (Å²) in [5.74, 6) is 0.773. The number of methoxy groups -OCH3 is 1. The number of hydrogen-bond donors (Lipinski definition) is 0. The zero-order chi connectivity index (χ0) is 28.1. The topological polar surface area (TPSA) is 79.8 Å². The Morgan fingerprint density at radius 3 is 2.37 bits per heavy atom. The molecular weight excluding hydrogens is 501 g/mol. The highest BCUT2D eigenvalue weighted by atomic mass is 19.4. The van der Waals surface area contributed by atoms with Crippen LogP contribution in [0, 0.1) is 13.8 Å². The largest absolute Gasteiger partial charge is 0.489 e. The van der Waals surface area contributed by atoms with Crippen LogP contribution < -0.4 is 9.47 Å². The van der Waals surface area contributed by atoms with Crippen LogP contribution in [0.2, 0.25) is 0 Å². The van der Waals surface area contributed by atoms with Crippen LogP contribution in [0.15, 0.2) is 42.5 Å². The summed E-state index contributed by atoms with van der Waals surface area (Å²) in [6, 6.07) is 10.1. The smallest absolute Gasteiger partial charge is 0.416 e. The minimum atomic E-state index is -4.47. The van der Waals surface area contributed by atoms with Crippen molar-refractivity contribution in [2.45, 2.75) is 59.6 Å². The van der Waals surface area contributed by atoms with Gasteiger partial charge in [-0.3, -0.25) is 0 Å². The Kier molecular flexibility index (Phi) is 8.98. The van der Waals surface area contributed by atoms with Gasteiger partial charge in [0.2, 0.25) is 0 Å². The fraction of sp³-hybridized carbons (Fsp3) is 0.393. The lowest BCUT2D eigenvalue weighted by molar-refractivity contribution is -0.158. The van der Waals surface area contributed by atoms with Crippen LogP contribution >= 0.6 is 0 Å². The Bertz CT molecular complexity index is 1290. The third kappa shape index (κ3) is 7.00. The van der Waals surface area contributed by atoms with Crippen molar-refractivity contribution in [1.29, 1.82) is 0 Å². The van der Waals surface area contributed by atoms with Crippen molar-refractivity contribution in [3.63, 3.8) is 0 Å². The van der Waals surface area contributed by atoms with E-state index in [2.05, 4.69) is 9.97 Å². The number of benzene rings is 2. The van der Waals surface area contributed by atoms with Gasteiger partial charge in [0, 0.05) is 23.9 Å². The lowest BCUT2D eigenvalue weighted by Crippen LogP contribution is -2.39. The lowest BCUT2D eigenvalue weighted by atomic mass is 10.1. The molecule has 2 aromatic carbocycles. The molecule has 7 nitrogen and oxygen atoms in total. The van der Waals surface area contributed by atoms with Crippen molar-refractivity contribution < 1.29 is 36.9 Å². The predicted molar refractivity (Wildman–Crippen MR) is 135 cm³/mol. The number of rotatable bonds is 10. The van der Waals surface area contributed by atoms with E-state index in [1.54, 1.807) is 45.9 Å². The first kappa shape index (κ1) is 28.9. The van der Waals surface area contributed by atoms with E-state index in [1.807, 2.05) is 6.92 Å². The standard InChI is InChI=1S/C28H31F3N2O5/c1-7-36-26(34)27(4,5)38-24-12-11-21(13-17(24)2)37-15-22-18(3)32-25(33-23(22)16-35-6)19-9-8-10-20(14-19)28(29,30)31/h8-14H,7,15-16H2,1-6H3. The molecule has 1 heterocycles. The average Bonchev–Trinajstić information content (AvgIpc) is 2.85. The van der Waals surface area contributed by atoms with E-state index in [9.17, 15) is 18.0 Å². The number of nitrogens with zero attached hydrogens (tertiary/aromatic N) is 2. The molecule has 10 heteroatoms. The Balaban J connectivity index is 1.82. The van der Waals surface area contributed by atoms with Gasteiger partial charge in [-0.15, -0.1) is 0 Å². The van der Waals surface area contributed by atoms with Gasteiger partial charge in [-0.05, 0) is 70.5 Å². The molecule has 0 atom stereocenters. The van der Waals surface area contributed by atoms with Gasteiger partial charge in [-0.25, -0.2) is 14.8 Å². The molecule has 1 aromatic heterocycles. The maximum Gasteiger partial charge on any atom is 0.416 e. The molecule has 0 fully saturated rings. The highest BCUT2D eigenvalue weighted by molar-refractivity contribution is 5.79. The summed E-state index contributed by atoms with van der Waals surface area (Å²) in [5, 5.41) is 0. The lowest BCUT2D eigenvalue weighted by Gasteiger charge is -2.25. The Hall–Kier alpha value is -3.66. The van der Waals surface area contributed by atoms with E-state index in [0.717, 1.165) is 17.7 Å². The SMILES string of the molecule is CCOC(=O)C(C)(C)Oc1ccc(OCc2c(C)nc(-c3cccc(C(F)(F)F)c3)nc2COC)cc1C. The Morgan fingerprint density at radius 2 is 1.74 bits per heavy atom. The summed E-state index contributed by atoms with van der Waals surface area (Å²) < 4.78 is 61.8. The van der Waals surface area contributed by atoms with Crippen molar-refractivity contribution in [1.82, 2.24) is 9.97 Å². The van der Waals surface area contributed by atoms with Gasteiger partial charge < -0.3 is 18.9 Å². The zero-order valence-corrected chi connectivity index (χ0v) is 22.2. The molecule has 3 rings (SSSR count). The quantitative estimate of drug-likeness (QED) is 0.287. The van der Waals surface area contributed by atoms with Crippen LogP contribution in [0.1, 0.15) is 48.8 Å². The third-order valence-electron chi connectivity index (χ3n) is 5.69. The molecule has 0 saturated heterocycles. The summed E-state index contributed by atoms with van der Waals surface area (Å²) in [4.78, 5) is 21.1. The van der Waals surface area contributed by atoms with Crippen LogP contribution in [0.3, 0.4) is 0 Å². The van der Waals surface area contributed by atoms with E-state index in [0.29, 0.717) is 28.5 Å². The number of aryl methyl sites for hydroxylation is 2. The van der Waals surface area contributed by atoms with Gasteiger partial charge >= 0.3 is 12.1 Å². The number of hydrogen-bond acceptors (Lipinski definition) is 7. The van der Waals surface area contributed by atoms with Crippen LogP contribution in [-0.2, 0) is 33.7 Å². The van der Waals surface area contributed by atoms with E-state index < -0.39 is 23.3 Å². The van der Waals surface area contributed by atoms with Crippen molar-refractivity contribution in [2.24, 2.45) is 0 Å². The number of halogens is 3. The molecule has 38 heavy (non-hydrogen) atoms. The number of ether oxygens (including phenoxy) is 4. The number of aromatic nitrogens is 2. The summed E-state index contributed by atoms with van der Waals surface area (Å²) in [7, 11) is 1.51. The highest BCUT2D eigenvalue weighted by Gasteiger charge is 2.32. The average molecular weight is 533 g/mol. The molecule has 0 aliphatic carbocycles. The normalized spacial score (nSPS) is 11.8. The van der Waals surface area contributed by atoms with Crippen molar-refractivity contribution in [3.8, 4) is 22.9 Å². The maximum atomic E-state index is 13.2. The first-order valence-electron chi connectivity index (χ1n) is 12.0. The van der Waals surface area contributed by atoms with Crippen LogP contribution in [0.25, 0.3) is 11.4 Å². The second-order valence-corrected chi connectivity index (χ2v) is 9.12. The highest BCUT2D eigenvalue weighted by Crippen LogP contribution is 2.32. The molecule has 204 valence electrons. The van der Waals surface area contributed by atoms with Crippen molar-refractivity contribution in [3.05, 3.63) is 70.5 Å². The van der Waals surface area contributed by atoms with E-state index in [4.69, 9.17) is 18.9 Å². The summed E-state index contributed by atoms with van der Waals surface area (Å²) >= 11 is 0. The molecule has 0 saturated carbocycles. The molecule has 0 aliphatic rings. The number of esters is 1. The van der Waals surface area contributed by atoms with Crippen LogP contribution in [0.5, 0.6) is 11.5 Å². The van der Waals surface area contributed by atoms with E-state index in [-0.39, 0.29) is 31.2 Å². The van der Waals surface area contributed by atoms with Gasteiger partial charge in [0.05, 0.1) is 24.5 Å².